The highest BCUT2D eigenvalue weighted by Crippen LogP contribution is 2.38. The van der Waals surface area contributed by atoms with Gasteiger partial charge < -0.3 is 15.7 Å². The van der Waals surface area contributed by atoms with Crippen molar-refractivity contribution in [2.45, 2.75) is 38.6 Å². The molecule has 0 radical (unpaired) electrons. The maximum Gasteiger partial charge on any atom is 0.304 e. The van der Waals surface area contributed by atoms with Crippen LogP contribution in [0.5, 0.6) is 0 Å². The van der Waals surface area contributed by atoms with Gasteiger partial charge in [0.2, 0.25) is 5.91 Å². The topological polar surface area (TPSA) is 83.6 Å². The molecule has 5 heteroatoms. The van der Waals surface area contributed by atoms with Crippen LogP contribution in [0.25, 0.3) is 0 Å². The van der Waals surface area contributed by atoms with Gasteiger partial charge in [0.1, 0.15) is 0 Å². The number of nitrogens with two attached hydrogens (primary N) is 1. The van der Waals surface area contributed by atoms with Crippen LogP contribution in [0.4, 0.5) is 5.69 Å². The number of amides is 1. The fraction of sp³-hybridized carbons (Fsp3) is 0.500. The molecule has 2 rings (SSSR count). The summed E-state index contributed by atoms with van der Waals surface area (Å²) in [5.41, 5.74) is 7.71. The summed E-state index contributed by atoms with van der Waals surface area (Å²) in [5.74, 6) is -0.787. The number of nitrogens with zero attached hydrogens (tertiary/aromatic N) is 1. The molecule has 0 spiro atoms. The van der Waals surface area contributed by atoms with Crippen LogP contribution < -0.4 is 10.6 Å². The van der Waals surface area contributed by atoms with Crippen molar-refractivity contribution in [2.75, 3.05) is 11.4 Å². The van der Waals surface area contributed by atoms with Gasteiger partial charge in [-0.25, -0.2) is 0 Å². The predicted molar refractivity (Wildman–Crippen MR) is 81.2 cm³/mol. The van der Waals surface area contributed by atoms with Gasteiger partial charge in [-0.2, -0.15) is 0 Å². The number of fused-ring (bicyclic) bond motifs is 1. The second kappa shape index (κ2) is 6.26. The average Bonchev–Trinajstić information content (AvgIpc) is 2.75. The van der Waals surface area contributed by atoms with E-state index in [1.54, 1.807) is 4.90 Å². The number of carboxylic acids is 1. The van der Waals surface area contributed by atoms with Gasteiger partial charge in [0, 0.05) is 18.2 Å². The molecular weight excluding hydrogens is 268 g/mol. The molecule has 1 heterocycles. The van der Waals surface area contributed by atoms with E-state index in [0.29, 0.717) is 18.9 Å². The van der Waals surface area contributed by atoms with Gasteiger partial charge in [0.15, 0.2) is 0 Å². The van der Waals surface area contributed by atoms with Gasteiger partial charge in [-0.3, -0.25) is 9.59 Å². The van der Waals surface area contributed by atoms with Crippen LogP contribution in [0, 0.1) is 5.92 Å². The summed E-state index contributed by atoms with van der Waals surface area (Å²) in [7, 11) is 0. The molecule has 0 aliphatic carbocycles. The first-order valence-corrected chi connectivity index (χ1v) is 7.27. The fourth-order valence-corrected chi connectivity index (χ4v) is 2.90. The summed E-state index contributed by atoms with van der Waals surface area (Å²) in [5, 5.41) is 9.02. The maximum atomic E-state index is 12.5. The number of hydrogen-bond donors (Lipinski definition) is 2. The molecule has 1 amide bonds. The zero-order chi connectivity index (χ0) is 15.6. The first kappa shape index (κ1) is 15.5. The Morgan fingerprint density at radius 2 is 2.05 bits per heavy atom. The van der Waals surface area contributed by atoms with E-state index in [2.05, 4.69) is 0 Å². The Labute approximate surface area is 124 Å². The van der Waals surface area contributed by atoms with Crippen LogP contribution in [-0.4, -0.2) is 29.6 Å². The number of rotatable bonds is 5. The smallest absolute Gasteiger partial charge is 0.304 e. The Hall–Kier alpha value is -1.88. The predicted octanol–water partition coefficient (Wildman–Crippen LogP) is 1.96. The van der Waals surface area contributed by atoms with E-state index in [1.807, 2.05) is 38.1 Å². The van der Waals surface area contributed by atoms with Crippen LogP contribution in [0.15, 0.2) is 24.3 Å². The molecule has 2 atom stereocenters. The average molecular weight is 290 g/mol. The van der Waals surface area contributed by atoms with Crippen LogP contribution in [0.1, 0.15) is 38.2 Å². The van der Waals surface area contributed by atoms with Crippen molar-refractivity contribution < 1.29 is 14.7 Å². The van der Waals surface area contributed by atoms with Crippen LogP contribution >= 0.6 is 0 Å². The Morgan fingerprint density at radius 1 is 1.38 bits per heavy atom. The van der Waals surface area contributed by atoms with Gasteiger partial charge in [0.25, 0.3) is 0 Å². The monoisotopic (exact) mass is 290 g/mol. The van der Waals surface area contributed by atoms with E-state index < -0.39 is 12.0 Å². The molecule has 0 bridgehead atoms. The molecule has 0 saturated carbocycles. The van der Waals surface area contributed by atoms with Gasteiger partial charge in [-0.15, -0.1) is 0 Å². The van der Waals surface area contributed by atoms with Gasteiger partial charge in [0.05, 0.1) is 12.5 Å². The van der Waals surface area contributed by atoms with Crippen molar-refractivity contribution in [1.29, 1.82) is 0 Å². The summed E-state index contributed by atoms with van der Waals surface area (Å²) < 4.78 is 0. The molecule has 0 saturated heterocycles. The SMILES string of the molecule is CC(C)C[C@H](N)C(=O)N1CC(CC(=O)O)c2ccccc21. The van der Waals surface area contributed by atoms with E-state index >= 15 is 0 Å². The second-order valence-corrected chi connectivity index (χ2v) is 6.04. The summed E-state index contributed by atoms with van der Waals surface area (Å²) >= 11 is 0. The number of benzene rings is 1. The normalized spacial score (nSPS) is 18.7. The number of carbonyl (C=O) groups is 2. The van der Waals surface area contributed by atoms with E-state index in [4.69, 9.17) is 10.8 Å². The van der Waals surface area contributed by atoms with Crippen molar-refractivity contribution >= 4 is 17.6 Å². The molecule has 5 nitrogen and oxygen atoms in total. The van der Waals surface area contributed by atoms with Crippen molar-refractivity contribution in [3.63, 3.8) is 0 Å². The van der Waals surface area contributed by atoms with E-state index in [0.717, 1.165) is 11.3 Å². The van der Waals surface area contributed by atoms with E-state index in [1.165, 1.54) is 0 Å². The standard InChI is InChI=1S/C16H22N2O3/c1-10(2)7-13(17)16(21)18-9-11(8-15(19)20)12-5-3-4-6-14(12)18/h3-6,10-11,13H,7-9,17H2,1-2H3,(H,19,20)/t11?,13-/m0/s1. The lowest BCUT2D eigenvalue weighted by atomic mass is 9.98. The molecular formula is C16H22N2O3. The summed E-state index contributed by atoms with van der Waals surface area (Å²) in [6.07, 6.45) is 0.654. The summed E-state index contributed by atoms with van der Waals surface area (Å²) in [4.78, 5) is 25.2. The highest BCUT2D eigenvalue weighted by Gasteiger charge is 2.35. The van der Waals surface area contributed by atoms with Crippen molar-refractivity contribution in [1.82, 2.24) is 0 Å². The third kappa shape index (κ3) is 3.42. The van der Waals surface area contributed by atoms with Crippen LogP contribution in [-0.2, 0) is 9.59 Å². The minimum absolute atomic E-state index is 0.0280. The van der Waals surface area contributed by atoms with Crippen LogP contribution in [0.2, 0.25) is 0 Å². The van der Waals surface area contributed by atoms with E-state index in [-0.39, 0.29) is 18.2 Å². The molecule has 0 fully saturated rings. The largest absolute Gasteiger partial charge is 0.481 e. The zero-order valence-electron chi connectivity index (χ0n) is 12.5. The minimum atomic E-state index is -0.851. The molecule has 1 aromatic carbocycles. The molecule has 0 aromatic heterocycles. The zero-order valence-corrected chi connectivity index (χ0v) is 12.5. The highest BCUT2D eigenvalue weighted by molar-refractivity contribution is 5.99. The second-order valence-electron chi connectivity index (χ2n) is 6.04. The number of anilines is 1. The Bertz CT molecular complexity index is 542. The van der Waals surface area contributed by atoms with Gasteiger partial charge in [-0.1, -0.05) is 32.0 Å². The Kier molecular flexibility index (Phi) is 4.63. The third-order valence-electron chi connectivity index (χ3n) is 3.80. The van der Waals surface area contributed by atoms with Crippen molar-refractivity contribution in [3.05, 3.63) is 29.8 Å². The minimum Gasteiger partial charge on any atom is -0.481 e. The Balaban J connectivity index is 2.22. The fourth-order valence-electron chi connectivity index (χ4n) is 2.90. The summed E-state index contributed by atoms with van der Waals surface area (Å²) in [6, 6.07) is 6.94. The summed E-state index contributed by atoms with van der Waals surface area (Å²) in [6.45, 7) is 4.45. The molecule has 21 heavy (non-hydrogen) atoms. The first-order chi connectivity index (χ1) is 9.90. The maximum absolute atomic E-state index is 12.5. The number of para-hydroxylation sites is 1. The number of carbonyl (C=O) groups excluding carboxylic acids is 1. The lowest BCUT2D eigenvalue weighted by Crippen LogP contribution is -2.44. The highest BCUT2D eigenvalue weighted by atomic mass is 16.4. The third-order valence-corrected chi connectivity index (χ3v) is 3.80. The molecule has 1 aliphatic heterocycles. The number of carboxylic acid groups (broad SMARTS) is 1. The molecule has 1 aliphatic rings. The van der Waals surface area contributed by atoms with Crippen LogP contribution in [0.3, 0.4) is 0 Å². The molecule has 1 unspecified atom stereocenters. The molecule has 3 N–H and O–H groups in total. The Morgan fingerprint density at radius 3 is 2.67 bits per heavy atom. The lowest BCUT2D eigenvalue weighted by molar-refractivity contribution is -0.137. The number of hydrogen-bond acceptors (Lipinski definition) is 3. The number of aliphatic carboxylic acids is 1. The van der Waals surface area contributed by atoms with Crippen molar-refractivity contribution in [2.24, 2.45) is 11.7 Å². The van der Waals surface area contributed by atoms with Gasteiger partial charge in [-0.05, 0) is 24.0 Å². The quantitative estimate of drug-likeness (QED) is 0.868. The van der Waals surface area contributed by atoms with Gasteiger partial charge >= 0.3 is 5.97 Å². The van der Waals surface area contributed by atoms with E-state index in [9.17, 15) is 9.59 Å². The lowest BCUT2D eigenvalue weighted by Gasteiger charge is -2.23. The van der Waals surface area contributed by atoms with Crippen molar-refractivity contribution in [3.8, 4) is 0 Å². The first-order valence-electron chi connectivity index (χ1n) is 7.27. The molecule has 1 aromatic rings. The molecule has 114 valence electrons.